The highest BCUT2D eigenvalue weighted by molar-refractivity contribution is 6.32. The minimum Gasteiger partial charge on any atom is -0.495 e. The third-order valence-corrected chi connectivity index (χ3v) is 2.76. The van der Waals surface area contributed by atoms with Crippen LogP contribution in [0.2, 0.25) is 5.02 Å². The molecule has 0 saturated carbocycles. The van der Waals surface area contributed by atoms with Crippen LogP contribution in [0.3, 0.4) is 0 Å². The number of halogens is 1. The van der Waals surface area contributed by atoms with Crippen LogP contribution in [0.25, 0.3) is 0 Å². The molecule has 0 aliphatic heterocycles. The molecule has 0 heterocycles. The summed E-state index contributed by atoms with van der Waals surface area (Å²) in [6, 6.07) is 3.88. The van der Waals surface area contributed by atoms with Gasteiger partial charge in [0.25, 0.3) is 0 Å². The lowest BCUT2D eigenvalue weighted by Crippen LogP contribution is -1.97. The predicted molar refractivity (Wildman–Crippen MR) is 61.8 cm³/mol. The zero-order valence-electron chi connectivity index (χ0n) is 9.21. The highest BCUT2D eigenvalue weighted by atomic mass is 35.5. The van der Waals surface area contributed by atoms with Gasteiger partial charge in [-0.25, -0.2) is 0 Å². The van der Waals surface area contributed by atoms with Crippen LogP contribution < -0.4 is 4.74 Å². The zero-order chi connectivity index (χ0) is 11.4. The van der Waals surface area contributed by atoms with Crippen LogP contribution in [0.4, 0.5) is 0 Å². The Labute approximate surface area is 95.2 Å². The molecule has 0 N–H and O–H groups in total. The molecule has 1 aromatic rings. The minimum absolute atomic E-state index is 0.199. The number of benzene rings is 1. The van der Waals surface area contributed by atoms with E-state index in [2.05, 4.69) is 0 Å². The Kier molecular flexibility index (Phi) is 4.15. The number of methoxy groups -OCH3 is 1. The van der Waals surface area contributed by atoms with Gasteiger partial charge in [0.05, 0.1) is 12.1 Å². The molecule has 0 saturated heterocycles. The van der Waals surface area contributed by atoms with E-state index in [1.54, 1.807) is 7.11 Å². The summed E-state index contributed by atoms with van der Waals surface area (Å²) in [4.78, 5) is 10.4. The van der Waals surface area contributed by atoms with E-state index in [1.807, 2.05) is 26.0 Å². The van der Waals surface area contributed by atoms with Gasteiger partial charge in [-0.05, 0) is 30.0 Å². The molecule has 1 rings (SSSR count). The normalized spacial score (nSPS) is 12.3. The van der Waals surface area contributed by atoms with Gasteiger partial charge >= 0.3 is 0 Å². The van der Waals surface area contributed by atoms with E-state index in [0.29, 0.717) is 17.2 Å². The second kappa shape index (κ2) is 5.17. The van der Waals surface area contributed by atoms with E-state index in [0.717, 1.165) is 17.4 Å². The zero-order valence-corrected chi connectivity index (χ0v) is 9.97. The van der Waals surface area contributed by atoms with Crippen LogP contribution in [0.1, 0.15) is 30.4 Å². The van der Waals surface area contributed by atoms with Crippen molar-refractivity contribution in [2.45, 2.75) is 26.2 Å². The summed E-state index contributed by atoms with van der Waals surface area (Å²) in [5.74, 6) is 0.906. The quantitative estimate of drug-likeness (QED) is 0.736. The largest absolute Gasteiger partial charge is 0.495 e. The van der Waals surface area contributed by atoms with E-state index in [-0.39, 0.29) is 5.92 Å². The lowest BCUT2D eigenvalue weighted by Gasteiger charge is -2.13. The first-order valence-electron chi connectivity index (χ1n) is 4.87. The number of hydrogen-bond donors (Lipinski definition) is 0. The van der Waals surface area contributed by atoms with Crippen molar-refractivity contribution in [2.24, 2.45) is 0 Å². The average Bonchev–Trinajstić information content (AvgIpc) is 2.17. The second-order valence-electron chi connectivity index (χ2n) is 3.66. The summed E-state index contributed by atoms with van der Waals surface area (Å²) in [5.41, 5.74) is 2.07. The van der Waals surface area contributed by atoms with Crippen LogP contribution >= 0.6 is 11.6 Å². The van der Waals surface area contributed by atoms with Crippen LogP contribution in [0.5, 0.6) is 5.75 Å². The van der Waals surface area contributed by atoms with Gasteiger partial charge in [-0.2, -0.15) is 0 Å². The molecule has 2 nitrogen and oxygen atoms in total. The van der Waals surface area contributed by atoms with Crippen molar-refractivity contribution in [1.82, 2.24) is 0 Å². The monoisotopic (exact) mass is 226 g/mol. The Hall–Kier alpha value is -1.02. The SMILES string of the molecule is COc1c(C)cc(C(C)CC=O)cc1Cl. The molecule has 0 aromatic heterocycles. The van der Waals surface area contributed by atoms with Crippen LogP contribution in [-0.2, 0) is 4.79 Å². The van der Waals surface area contributed by atoms with E-state index >= 15 is 0 Å². The van der Waals surface area contributed by atoms with Gasteiger partial charge in [0.2, 0.25) is 0 Å². The van der Waals surface area contributed by atoms with Gasteiger partial charge < -0.3 is 9.53 Å². The summed E-state index contributed by atoms with van der Waals surface area (Å²) in [5, 5.41) is 0.602. The van der Waals surface area contributed by atoms with Crippen LogP contribution in [-0.4, -0.2) is 13.4 Å². The van der Waals surface area contributed by atoms with Crippen molar-refractivity contribution in [1.29, 1.82) is 0 Å². The summed E-state index contributed by atoms with van der Waals surface area (Å²) in [6.07, 6.45) is 1.44. The molecule has 1 aromatic carbocycles. The molecule has 0 aliphatic rings. The fraction of sp³-hybridized carbons (Fsp3) is 0.417. The predicted octanol–water partition coefficient (Wildman–Crippen LogP) is 3.35. The van der Waals surface area contributed by atoms with Gasteiger partial charge in [0.15, 0.2) is 0 Å². The third-order valence-electron chi connectivity index (χ3n) is 2.47. The van der Waals surface area contributed by atoms with Gasteiger partial charge in [0, 0.05) is 6.42 Å². The van der Waals surface area contributed by atoms with Gasteiger partial charge in [-0.15, -0.1) is 0 Å². The highest BCUT2D eigenvalue weighted by Crippen LogP contribution is 2.32. The maximum atomic E-state index is 10.4. The van der Waals surface area contributed by atoms with Gasteiger partial charge in [-0.1, -0.05) is 24.6 Å². The first-order chi connectivity index (χ1) is 7.10. The number of carbonyl (C=O) groups is 1. The molecule has 0 bridgehead atoms. The lowest BCUT2D eigenvalue weighted by molar-refractivity contribution is -0.108. The van der Waals surface area contributed by atoms with E-state index in [1.165, 1.54) is 0 Å². The molecule has 0 aliphatic carbocycles. The number of aryl methyl sites for hydroxylation is 1. The average molecular weight is 227 g/mol. The molecule has 3 heteroatoms. The van der Waals surface area contributed by atoms with E-state index < -0.39 is 0 Å². The van der Waals surface area contributed by atoms with Crippen molar-refractivity contribution >= 4 is 17.9 Å². The number of hydrogen-bond acceptors (Lipinski definition) is 2. The van der Waals surface area contributed by atoms with Crippen LogP contribution in [0, 0.1) is 6.92 Å². The van der Waals surface area contributed by atoms with Crippen molar-refractivity contribution < 1.29 is 9.53 Å². The molecule has 0 spiro atoms. The first-order valence-corrected chi connectivity index (χ1v) is 5.25. The second-order valence-corrected chi connectivity index (χ2v) is 4.06. The van der Waals surface area contributed by atoms with Gasteiger partial charge in [0.1, 0.15) is 12.0 Å². The summed E-state index contributed by atoms with van der Waals surface area (Å²) < 4.78 is 5.17. The number of carbonyl (C=O) groups excluding carboxylic acids is 1. The molecule has 1 unspecified atom stereocenters. The summed E-state index contributed by atoms with van der Waals surface area (Å²) >= 11 is 6.07. The Morgan fingerprint density at radius 1 is 1.53 bits per heavy atom. The standard InChI is InChI=1S/C12H15ClO2/c1-8(4-5-14)10-6-9(2)12(15-3)11(13)7-10/h5-8H,4H2,1-3H3. The van der Waals surface area contributed by atoms with Crippen LogP contribution in [0.15, 0.2) is 12.1 Å². The maximum absolute atomic E-state index is 10.4. The molecular formula is C12H15ClO2. The lowest BCUT2D eigenvalue weighted by atomic mass is 9.96. The fourth-order valence-electron chi connectivity index (χ4n) is 1.58. The molecule has 0 fully saturated rings. The number of rotatable bonds is 4. The molecule has 0 amide bonds. The summed E-state index contributed by atoms with van der Waals surface area (Å²) in [7, 11) is 1.60. The molecule has 0 radical (unpaired) electrons. The molecule has 1 atom stereocenters. The minimum atomic E-state index is 0.199. The summed E-state index contributed by atoms with van der Waals surface area (Å²) in [6.45, 7) is 3.95. The highest BCUT2D eigenvalue weighted by Gasteiger charge is 2.11. The van der Waals surface area contributed by atoms with Gasteiger partial charge in [-0.3, -0.25) is 0 Å². The Morgan fingerprint density at radius 2 is 2.20 bits per heavy atom. The van der Waals surface area contributed by atoms with E-state index in [4.69, 9.17) is 16.3 Å². The van der Waals surface area contributed by atoms with Crippen molar-refractivity contribution in [3.05, 3.63) is 28.3 Å². The van der Waals surface area contributed by atoms with Crippen molar-refractivity contribution in [2.75, 3.05) is 7.11 Å². The molecular weight excluding hydrogens is 212 g/mol. The smallest absolute Gasteiger partial charge is 0.140 e. The Morgan fingerprint density at radius 3 is 2.67 bits per heavy atom. The molecule has 15 heavy (non-hydrogen) atoms. The molecule has 82 valence electrons. The van der Waals surface area contributed by atoms with E-state index in [9.17, 15) is 4.79 Å². The third kappa shape index (κ3) is 2.72. The maximum Gasteiger partial charge on any atom is 0.140 e. The number of aldehydes is 1. The topological polar surface area (TPSA) is 26.3 Å². The number of ether oxygens (including phenoxy) is 1. The Balaban J connectivity index is 3.07. The fourth-order valence-corrected chi connectivity index (χ4v) is 1.93. The van der Waals surface area contributed by atoms with Crippen molar-refractivity contribution in [3.63, 3.8) is 0 Å². The van der Waals surface area contributed by atoms with Crippen molar-refractivity contribution in [3.8, 4) is 5.75 Å². The Bertz CT molecular complexity index is 338. The first kappa shape index (κ1) is 12.1.